The van der Waals surface area contributed by atoms with Gasteiger partial charge in [-0.15, -0.1) is 0 Å². The van der Waals surface area contributed by atoms with Crippen LogP contribution in [0.5, 0.6) is 5.75 Å². The van der Waals surface area contributed by atoms with Gasteiger partial charge in [0.25, 0.3) is 0 Å². The number of likely N-dealkylation sites (tertiary alicyclic amines) is 1. The van der Waals surface area contributed by atoms with Crippen LogP contribution in [0.25, 0.3) is 11.1 Å². The number of rotatable bonds is 9. The number of pyridine rings is 1. The fourth-order valence-corrected chi connectivity index (χ4v) is 11.0. The number of ether oxygens (including phenoxy) is 2. The van der Waals surface area contributed by atoms with Crippen molar-refractivity contribution in [2.24, 2.45) is 11.3 Å². The van der Waals surface area contributed by atoms with E-state index < -0.39 is 16.9 Å². The molecule has 12 heteroatoms. The third kappa shape index (κ3) is 7.37. The summed E-state index contributed by atoms with van der Waals surface area (Å²) in [4.78, 5) is 35.6. The summed E-state index contributed by atoms with van der Waals surface area (Å²) in [6.45, 7) is 3.41. The summed E-state index contributed by atoms with van der Waals surface area (Å²) in [6.07, 6.45) is 15.5. The molecule has 0 atom stereocenters. The molecule has 4 heterocycles. The van der Waals surface area contributed by atoms with Crippen LogP contribution in [0.3, 0.4) is 0 Å². The third-order valence-electron chi connectivity index (χ3n) is 13.3. The van der Waals surface area contributed by atoms with Gasteiger partial charge in [0, 0.05) is 52.7 Å². The van der Waals surface area contributed by atoms with Gasteiger partial charge in [0.05, 0.1) is 38.5 Å². The van der Waals surface area contributed by atoms with Crippen LogP contribution in [0, 0.1) is 18.3 Å². The Bertz CT molecular complexity index is 1810. The lowest BCUT2D eigenvalue weighted by Crippen LogP contribution is -2.54. The van der Waals surface area contributed by atoms with E-state index in [4.69, 9.17) is 19.6 Å². The van der Waals surface area contributed by atoms with Gasteiger partial charge in [0.1, 0.15) is 17.7 Å². The zero-order valence-electron chi connectivity index (χ0n) is 31.1. The molecule has 2 bridgehead atoms. The van der Waals surface area contributed by atoms with E-state index >= 15 is 0 Å². The first-order chi connectivity index (χ1) is 25.6. The fourth-order valence-electron chi connectivity index (χ4n) is 9.70. The van der Waals surface area contributed by atoms with E-state index in [0.717, 1.165) is 68.2 Å². The zero-order valence-corrected chi connectivity index (χ0v) is 31.9. The lowest BCUT2D eigenvalue weighted by molar-refractivity contribution is -0.124. The molecule has 6 aliphatic rings. The van der Waals surface area contributed by atoms with Crippen LogP contribution in [-0.4, -0.2) is 91.4 Å². The summed E-state index contributed by atoms with van der Waals surface area (Å²) in [5, 5.41) is 14.3. The van der Waals surface area contributed by atoms with Crippen molar-refractivity contribution in [2.75, 3.05) is 43.1 Å². The first-order valence-electron chi connectivity index (χ1n) is 19.6. The molecular formula is C41H53N5O6S. The number of benzene rings is 1. The third-order valence-corrected chi connectivity index (χ3v) is 14.7. The van der Waals surface area contributed by atoms with E-state index in [1.54, 1.807) is 7.11 Å². The molecule has 0 radical (unpaired) electrons. The number of hydrogen-bond acceptors (Lipinski definition) is 8. The van der Waals surface area contributed by atoms with Crippen molar-refractivity contribution >= 4 is 28.6 Å². The molecule has 6 fully saturated rings. The summed E-state index contributed by atoms with van der Waals surface area (Å²) in [6, 6.07) is 11.0. The number of anilines is 1. The van der Waals surface area contributed by atoms with Crippen molar-refractivity contribution in [3.05, 3.63) is 60.0 Å². The monoisotopic (exact) mass is 743 g/mol. The summed E-state index contributed by atoms with van der Waals surface area (Å²) < 4.78 is 25.3. The van der Waals surface area contributed by atoms with Crippen LogP contribution in [0.1, 0.15) is 94.2 Å². The topological polar surface area (TPSA) is 127 Å². The number of carbonyl (C=O) groups excluding carboxylic acids is 2. The summed E-state index contributed by atoms with van der Waals surface area (Å²) >= 11 is 0. The first kappa shape index (κ1) is 36.2. The number of aryl methyl sites for hydroxylation is 1. The molecule has 53 heavy (non-hydrogen) atoms. The van der Waals surface area contributed by atoms with Crippen LogP contribution >= 0.6 is 0 Å². The molecule has 2 aliphatic heterocycles. The average molecular weight is 744 g/mol. The van der Waals surface area contributed by atoms with E-state index in [1.165, 1.54) is 16.0 Å². The lowest BCUT2D eigenvalue weighted by atomic mass is 9.51. The molecule has 1 N–H and O–H groups in total. The van der Waals surface area contributed by atoms with Crippen LogP contribution in [0.15, 0.2) is 48.9 Å². The summed E-state index contributed by atoms with van der Waals surface area (Å²) in [5.41, 5.74) is 4.74. The molecule has 1 aromatic carbocycles. The highest BCUT2D eigenvalue weighted by molar-refractivity contribution is 7.85. The van der Waals surface area contributed by atoms with E-state index in [1.807, 2.05) is 28.0 Å². The van der Waals surface area contributed by atoms with E-state index in [9.17, 15) is 18.9 Å². The Morgan fingerprint density at radius 3 is 2.34 bits per heavy atom. The minimum atomic E-state index is -0.729. The van der Waals surface area contributed by atoms with Gasteiger partial charge in [-0.05, 0) is 130 Å². The van der Waals surface area contributed by atoms with Crippen LogP contribution in [0.2, 0.25) is 0 Å². The maximum atomic E-state index is 14.7. The quantitative estimate of drug-likeness (QED) is 0.269. The minimum Gasteiger partial charge on any atom is -0.496 e. The largest absolute Gasteiger partial charge is 0.496 e. The number of carbonyl (C=O) groups is 2. The van der Waals surface area contributed by atoms with Crippen molar-refractivity contribution < 1.29 is 28.4 Å². The summed E-state index contributed by atoms with van der Waals surface area (Å²) in [5.74, 6) is 2.97. The van der Waals surface area contributed by atoms with Gasteiger partial charge in [-0.1, -0.05) is 12.1 Å². The Kier molecular flexibility index (Phi) is 10.1. The molecule has 9 rings (SSSR count). The van der Waals surface area contributed by atoms with Gasteiger partial charge in [-0.2, -0.15) is 5.10 Å². The number of aliphatic hydroxyl groups excluding tert-OH is 1. The van der Waals surface area contributed by atoms with Gasteiger partial charge in [0.15, 0.2) is 0 Å². The van der Waals surface area contributed by atoms with Crippen molar-refractivity contribution in [3.8, 4) is 16.9 Å². The van der Waals surface area contributed by atoms with Gasteiger partial charge in [-0.25, -0.2) is 9.78 Å². The molecule has 4 saturated carbocycles. The molecule has 4 aliphatic carbocycles. The van der Waals surface area contributed by atoms with Gasteiger partial charge in [0.2, 0.25) is 5.91 Å². The summed E-state index contributed by atoms with van der Waals surface area (Å²) in [7, 11) is 0.998. The average Bonchev–Trinajstić information content (AvgIpc) is 3.67. The van der Waals surface area contributed by atoms with Crippen LogP contribution in [-0.2, 0) is 25.7 Å². The van der Waals surface area contributed by atoms with E-state index in [-0.39, 0.29) is 40.9 Å². The van der Waals surface area contributed by atoms with Gasteiger partial charge in [-0.3, -0.25) is 18.6 Å². The second kappa shape index (κ2) is 14.8. The molecular weight excluding hydrogens is 691 g/mol. The number of aromatic nitrogens is 3. The Hall–Kier alpha value is -3.77. The Balaban J connectivity index is 1.01. The van der Waals surface area contributed by atoms with E-state index in [0.29, 0.717) is 62.6 Å². The van der Waals surface area contributed by atoms with Crippen molar-refractivity contribution in [1.82, 2.24) is 19.7 Å². The molecule has 2 saturated heterocycles. The molecule has 2 amide bonds. The molecule has 0 unspecified atom stereocenters. The number of amides is 2. The van der Waals surface area contributed by atoms with Crippen molar-refractivity contribution in [2.45, 2.75) is 108 Å². The SMILES string of the molecule is COc1ccc(C23CCC(CN(C(=O)C4CCC(OC(=O)N5CC(O)C5)CC4)c4cc(-c5cnn(C6CCS(=O)CC6)c5)ccn4)(CC2)CC3)cc1C. The zero-order chi connectivity index (χ0) is 36.7. The Labute approximate surface area is 314 Å². The number of nitrogens with zero attached hydrogens (tertiary/aromatic N) is 5. The Morgan fingerprint density at radius 2 is 1.68 bits per heavy atom. The van der Waals surface area contributed by atoms with Crippen molar-refractivity contribution in [1.29, 1.82) is 0 Å². The smallest absolute Gasteiger partial charge is 0.410 e. The minimum absolute atomic E-state index is 0.0249. The van der Waals surface area contributed by atoms with Crippen molar-refractivity contribution in [3.63, 3.8) is 0 Å². The first-order valence-corrected chi connectivity index (χ1v) is 21.1. The lowest BCUT2D eigenvalue weighted by Gasteiger charge is -2.55. The number of aliphatic hydroxyl groups is 1. The van der Waals surface area contributed by atoms with E-state index in [2.05, 4.69) is 37.4 Å². The highest BCUT2D eigenvalue weighted by Crippen LogP contribution is 2.58. The number of β-amino-alcohol motifs (C(OH)–C–C–N with tert-alkyl or cyclic N) is 1. The van der Waals surface area contributed by atoms with Crippen LogP contribution < -0.4 is 9.64 Å². The number of hydrogen-bond donors (Lipinski definition) is 1. The normalized spacial score (nSPS) is 30.1. The standard InChI is InChI=1S/C41H53N5O6S/c1-28-21-32(5-8-36(28)51-2)41-15-12-40(13-16-41,14-17-41)27-45(38(48)29-3-6-35(7-4-29)52-39(49)44-25-34(47)26-44)37-22-30(9-18-42-37)31-23-43-46(24-31)33-10-19-53(50)20-11-33/h5,8-9,18,21-24,29,33-35,47H,3-4,6-7,10-17,19-20,25-27H2,1-2H3. The second-order valence-corrected chi connectivity index (χ2v) is 18.2. The molecule has 2 aromatic heterocycles. The molecule has 284 valence electrons. The number of fused-ring (bicyclic) bond motifs is 3. The predicted octanol–water partition coefficient (Wildman–Crippen LogP) is 6.34. The molecule has 11 nitrogen and oxygen atoms in total. The number of methoxy groups -OCH3 is 1. The van der Waals surface area contributed by atoms with Gasteiger partial charge >= 0.3 is 6.09 Å². The van der Waals surface area contributed by atoms with Crippen LogP contribution in [0.4, 0.5) is 10.6 Å². The highest BCUT2D eigenvalue weighted by Gasteiger charge is 2.51. The highest BCUT2D eigenvalue weighted by atomic mass is 32.2. The molecule has 3 aromatic rings. The maximum absolute atomic E-state index is 14.7. The maximum Gasteiger partial charge on any atom is 0.410 e. The predicted molar refractivity (Wildman–Crippen MR) is 203 cm³/mol. The molecule has 0 spiro atoms. The Morgan fingerprint density at radius 1 is 0.962 bits per heavy atom. The fraction of sp³-hybridized carbons (Fsp3) is 0.610. The second-order valence-electron chi connectivity index (χ2n) is 16.5. The van der Waals surface area contributed by atoms with Gasteiger partial charge < -0.3 is 19.5 Å².